The number of amides is 2. The van der Waals surface area contributed by atoms with Gasteiger partial charge in [0, 0.05) is 24.8 Å². The highest BCUT2D eigenvalue weighted by Gasteiger charge is 2.28. The first kappa shape index (κ1) is 22.9. The van der Waals surface area contributed by atoms with Crippen molar-refractivity contribution in [1.29, 1.82) is 0 Å². The van der Waals surface area contributed by atoms with Crippen molar-refractivity contribution in [3.63, 3.8) is 0 Å². The van der Waals surface area contributed by atoms with Gasteiger partial charge in [0.25, 0.3) is 5.56 Å². The summed E-state index contributed by atoms with van der Waals surface area (Å²) in [6, 6.07) is 7.55. The molecule has 1 aliphatic rings. The molecule has 4 rings (SSSR count). The molecule has 0 radical (unpaired) electrons. The summed E-state index contributed by atoms with van der Waals surface area (Å²) in [5.41, 5.74) is 1.84. The number of fused-ring (bicyclic) bond motifs is 1. The molecule has 174 valence electrons. The number of benzene rings is 1. The molecule has 0 unspecified atom stereocenters. The van der Waals surface area contributed by atoms with Crippen LogP contribution in [-0.2, 0) is 16.1 Å². The maximum absolute atomic E-state index is 13.0. The van der Waals surface area contributed by atoms with E-state index in [0.29, 0.717) is 27.7 Å². The normalized spacial score (nSPS) is 16.2. The fourth-order valence-electron chi connectivity index (χ4n) is 3.84. The smallest absolute Gasteiger partial charge is 0.273 e. The lowest BCUT2D eigenvalue weighted by atomic mass is 9.97. The standard InChI is InChI=1S/C23H28N6O3S/c1-14(2)25-21(31)16-5-4-10-28(11-16)23-27-20-19(33-23)22(32)29(13-24-20)12-18(30)26-17-8-6-15(3)7-9-17/h6-9,13-14,16H,4-5,10-12H2,1-3H3,(H,25,31)(H,26,30)/t16-/m1/s1. The van der Waals surface area contributed by atoms with Crippen molar-refractivity contribution in [1.82, 2.24) is 19.9 Å². The summed E-state index contributed by atoms with van der Waals surface area (Å²) in [6.45, 7) is 7.07. The number of thiazole rings is 1. The van der Waals surface area contributed by atoms with Gasteiger partial charge in [0.15, 0.2) is 10.8 Å². The molecule has 1 aromatic carbocycles. The lowest BCUT2D eigenvalue weighted by molar-refractivity contribution is -0.125. The molecular weight excluding hydrogens is 440 g/mol. The third-order valence-electron chi connectivity index (χ3n) is 5.52. The molecule has 33 heavy (non-hydrogen) atoms. The van der Waals surface area contributed by atoms with Crippen LogP contribution >= 0.6 is 11.3 Å². The first-order valence-corrected chi connectivity index (χ1v) is 11.9. The molecule has 0 spiro atoms. The molecule has 2 amide bonds. The minimum absolute atomic E-state index is 0.0517. The van der Waals surface area contributed by atoms with Crippen LogP contribution in [0.4, 0.5) is 10.8 Å². The van der Waals surface area contributed by atoms with E-state index < -0.39 is 0 Å². The number of carbonyl (C=O) groups is 2. The second-order valence-corrected chi connectivity index (χ2v) is 9.67. The van der Waals surface area contributed by atoms with Crippen molar-refractivity contribution < 1.29 is 9.59 Å². The van der Waals surface area contributed by atoms with Crippen molar-refractivity contribution in [3.8, 4) is 0 Å². The van der Waals surface area contributed by atoms with Gasteiger partial charge in [0.2, 0.25) is 11.8 Å². The highest BCUT2D eigenvalue weighted by atomic mass is 32.1. The summed E-state index contributed by atoms with van der Waals surface area (Å²) >= 11 is 1.26. The van der Waals surface area contributed by atoms with Gasteiger partial charge in [-0.3, -0.25) is 19.0 Å². The number of aromatic nitrogens is 3. The minimum atomic E-state index is -0.304. The van der Waals surface area contributed by atoms with Gasteiger partial charge in [0.05, 0.1) is 5.92 Å². The quantitative estimate of drug-likeness (QED) is 0.575. The van der Waals surface area contributed by atoms with Crippen LogP contribution in [0.25, 0.3) is 10.3 Å². The Hall–Kier alpha value is -3.27. The maximum Gasteiger partial charge on any atom is 0.273 e. The highest BCUT2D eigenvalue weighted by molar-refractivity contribution is 7.22. The molecule has 2 aromatic heterocycles. The van der Waals surface area contributed by atoms with E-state index in [2.05, 4.69) is 20.6 Å². The number of rotatable bonds is 6. The number of carbonyl (C=O) groups excluding carboxylic acids is 2. The molecule has 9 nitrogen and oxygen atoms in total. The maximum atomic E-state index is 13.0. The van der Waals surface area contributed by atoms with Crippen molar-refractivity contribution in [2.24, 2.45) is 5.92 Å². The van der Waals surface area contributed by atoms with Gasteiger partial charge in [-0.15, -0.1) is 0 Å². The zero-order chi connectivity index (χ0) is 23.5. The topological polar surface area (TPSA) is 109 Å². The van der Waals surface area contributed by atoms with Gasteiger partial charge in [-0.1, -0.05) is 29.0 Å². The molecule has 1 atom stereocenters. The Kier molecular flexibility index (Phi) is 6.73. The minimum Gasteiger partial charge on any atom is -0.354 e. The monoisotopic (exact) mass is 468 g/mol. The van der Waals surface area contributed by atoms with Crippen LogP contribution in [0.3, 0.4) is 0 Å². The van der Waals surface area contributed by atoms with E-state index >= 15 is 0 Å². The average Bonchev–Trinajstić information content (AvgIpc) is 3.22. The summed E-state index contributed by atoms with van der Waals surface area (Å²) in [5, 5.41) is 6.45. The summed E-state index contributed by atoms with van der Waals surface area (Å²) < 4.78 is 1.70. The molecule has 3 aromatic rings. The predicted molar refractivity (Wildman–Crippen MR) is 130 cm³/mol. The Labute approximate surface area is 195 Å². The Morgan fingerprint density at radius 1 is 1.24 bits per heavy atom. The number of nitrogens with zero attached hydrogens (tertiary/aromatic N) is 4. The fourth-order valence-corrected chi connectivity index (χ4v) is 4.85. The van der Waals surface area contributed by atoms with Crippen LogP contribution in [0.5, 0.6) is 0 Å². The van der Waals surface area contributed by atoms with Gasteiger partial charge in [-0.2, -0.15) is 4.98 Å². The highest BCUT2D eigenvalue weighted by Crippen LogP contribution is 2.29. The third-order valence-corrected chi connectivity index (χ3v) is 6.61. The van der Waals surface area contributed by atoms with E-state index in [-0.39, 0.29) is 35.9 Å². The summed E-state index contributed by atoms with van der Waals surface area (Å²) in [4.78, 5) is 48.7. The second kappa shape index (κ2) is 9.70. The first-order chi connectivity index (χ1) is 15.8. The third kappa shape index (κ3) is 5.39. The van der Waals surface area contributed by atoms with E-state index in [9.17, 15) is 14.4 Å². The molecular formula is C23H28N6O3S. The number of anilines is 2. The molecule has 0 aliphatic carbocycles. The Balaban J connectivity index is 1.48. The average molecular weight is 469 g/mol. The molecule has 3 heterocycles. The van der Waals surface area contributed by atoms with Crippen LogP contribution in [-0.4, -0.2) is 45.5 Å². The zero-order valence-corrected chi connectivity index (χ0v) is 19.8. The van der Waals surface area contributed by atoms with Gasteiger partial charge < -0.3 is 15.5 Å². The van der Waals surface area contributed by atoms with Gasteiger partial charge in [-0.05, 0) is 45.7 Å². The van der Waals surface area contributed by atoms with Crippen molar-refractivity contribution >= 4 is 44.3 Å². The Morgan fingerprint density at radius 3 is 2.73 bits per heavy atom. The lowest BCUT2D eigenvalue weighted by Crippen LogP contribution is -2.44. The Bertz CT molecular complexity index is 1220. The van der Waals surface area contributed by atoms with E-state index in [1.807, 2.05) is 49.9 Å². The van der Waals surface area contributed by atoms with Crippen LogP contribution < -0.4 is 21.1 Å². The molecule has 1 aliphatic heterocycles. The number of aryl methyl sites for hydroxylation is 1. The Morgan fingerprint density at radius 2 is 2.00 bits per heavy atom. The lowest BCUT2D eigenvalue weighted by Gasteiger charge is -2.32. The van der Waals surface area contributed by atoms with Crippen LogP contribution in [0.1, 0.15) is 32.3 Å². The predicted octanol–water partition coefficient (Wildman–Crippen LogP) is 2.54. The van der Waals surface area contributed by atoms with E-state index in [4.69, 9.17) is 0 Å². The summed E-state index contributed by atoms with van der Waals surface area (Å²) in [6.07, 6.45) is 3.07. The van der Waals surface area contributed by atoms with Crippen molar-refractivity contribution in [2.45, 2.75) is 46.2 Å². The largest absolute Gasteiger partial charge is 0.354 e. The molecule has 1 saturated heterocycles. The fraction of sp³-hybridized carbons (Fsp3) is 0.435. The first-order valence-electron chi connectivity index (χ1n) is 11.1. The van der Waals surface area contributed by atoms with Gasteiger partial charge in [0.1, 0.15) is 17.6 Å². The van der Waals surface area contributed by atoms with E-state index in [1.54, 1.807) is 0 Å². The number of nitrogens with one attached hydrogen (secondary N) is 2. The summed E-state index contributed by atoms with van der Waals surface area (Å²) in [5.74, 6) is -0.360. The van der Waals surface area contributed by atoms with Crippen molar-refractivity contribution in [2.75, 3.05) is 23.3 Å². The molecule has 0 saturated carbocycles. The van der Waals surface area contributed by atoms with Gasteiger partial charge in [-0.25, -0.2) is 4.98 Å². The summed E-state index contributed by atoms with van der Waals surface area (Å²) in [7, 11) is 0. The van der Waals surface area contributed by atoms with Crippen molar-refractivity contribution in [3.05, 3.63) is 46.5 Å². The van der Waals surface area contributed by atoms with Crippen LogP contribution in [0, 0.1) is 12.8 Å². The molecule has 10 heteroatoms. The van der Waals surface area contributed by atoms with E-state index in [1.165, 1.54) is 22.2 Å². The van der Waals surface area contributed by atoms with Crippen LogP contribution in [0.2, 0.25) is 0 Å². The molecule has 1 fully saturated rings. The molecule has 2 N–H and O–H groups in total. The van der Waals surface area contributed by atoms with Gasteiger partial charge >= 0.3 is 0 Å². The zero-order valence-electron chi connectivity index (χ0n) is 19.0. The number of piperidine rings is 1. The van der Waals surface area contributed by atoms with E-state index in [0.717, 1.165) is 24.9 Å². The SMILES string of the molecule is Cc1ccc(NC(=O)Cn2cnc3nc(N4CCC[C@@H](C(=O)NC(C)C)C4)sc3c2=O)cc1. The number of hydrogen-bond donors (Lipinski definition) is 2. The second-order valence-electron chi connectivity index (χ2n) is 8.69. The number of hydrogen-bond acceptors (Lipinski definition) is 7. The molecule has 0 bridgehead atoms. The van der Waals surface area contributed by atoms with Crippen LogP contribution in [0.15, 0.2) is 35.4 Å².